The molecule has 0 unspecified atom stereocenters. The van der Waals surface area contributed by atoms with Crippen LogP contribution in [0, 0.1) is 17.7 Å². The third-order valence-corrected chi connectivity index (χ3v) is 17.3. The molecule has 1 aromatic carbocycles. The van der Waals surface area contributed by atoms with Crippen molar-refractivity contribution in [1.82, 2.24) is 8.75 Å². The van der Waals surface area contributed by atoms with Gasteiger partial charge in [0.25, 0.3) is 0 Å². The molecule has 2 nitrogen and oxygen atoms in total. The fraction of sp³-hybridized carbons (Fsp3) is 0.720. The molecule has 4 rings (SSSR count). The molecule has 332 valence electrons. The summed E-state index contributed by atoms with van der Waals surface area (Å²) in [5.74, 6) is 0.919. The molecule has 0 spiro atoms. The summed E-state index contributed by atoms with van der Waals surface area (Å²) >= 11 is 19.4. The fourth-order valence-electron chi connectivity index (χ4n) is 8.90. The normalized spacial score (nSPS) is 12.0. The van der Waals surface area contributed by atoms with Crippen molar-refractivity contribution in [3.63, 3.8) is 0 Å². The molecule has 0 aliphatic rings. The van der Waals surface area contributed by atoms with Gasteiger partial charge in [0.2, 0.25) is 0 Å². The zero-order valence-corrected chi connectivity index (χ0v) is 43.5. The van der Waals surface area contributed by atoms with E-state index >= 15 is 4.39 Å². The van der Waals surface area contributed by atoms with E-state index in [1.165, 1.54) is 191 Å². The first-order chi connectivity index (χ1) is 28.8. The molecule has 0 saturated heterocycles. The number of thiophene rings is 2. The Labute approximate surface area is 393 Å². The molecular formula is C50H76Br2ClFN2S3. The Hall–Kier alpha value is -0.380. The maximum absolute atomic E-state index is 16.8. The number of fused-ring (bicyclic) bond motifs is 1. The quantitative estimate of drug-likeness (QED) is 0.0436. The van der Waals surface area contributed by atoms with E-state index in [2.05, 4.69) is 71.7 Å². The zero-order valence-electron chi connectivity index (χ0n) is 37.2. The van der Waals surface area contributed by atoms with Gasteiger partial charge >= 0.3 is 0 Å². The van der Waals surface area contributed by atoms with Gasteiger partial charge in [-0.25, -0.2) is 4.39 Å². The molecule has 0 aliphatic carbocycles. The Morgan fingerprint density at radius 3 is 1.20 bits per heavy atom. The number of halogens is 4. The van der Waals surface area contributed by atoms with Crippen molar-refractivity contribution in [1.29, 1.82) is 0 Å². The summed E-state index contributed by atoms with van der Waals surface area (Å²) in [6.45, 7) is 9.16. The second-order valence-corrected chi connectivity index (χ2v) is 23.2. The first-order valence-corrected chi connectivity index (χ1v) is 28.4. The van der Waals surface area contributed by atoms with Crippen molar-refractivity contribution in [2.24, 2.45) is 11.8 Å². The van der Waals surface area contributed by atoms with Crippen LogP contribution in [0.25, 0.3) is 31.9 Å². The zero-order chi connectivity index (χ0) is 42.2. The van der Waals surface area contributed by atoms with Crippen LogP contribution in [0.4, 0.5) is 4.39 Å². The maximum Gasteiger partial charge on any atom is 0.153 e. The SMILES string of the molecule is CCCCCCCCC(CCCCCCCC)Cc1cc(-c2c(F)c(Cl)c(-c3cc(CC(CCCCCCCC)CCCCCCCC)c(Br)s3)c3nsnc23)sc1Br. The first kappa shape index (κ1) is 51.3. The summed E-state index contributed by atoms with van der Waals surface area (Å²) in [6, 6.07) is 4.47. The largest absolute Gasteiger partial charge is 0.205 e. The lowest BCUT2D eigenvalue weighted by Gasteiger charge is -2.17. The van der Waals surface area contributed by atoms with Crippen LogP contribution in [0.3, 0.4) is 0 Å². The number of benzene rings is 1. The van der Waals surface area contributed by atoms with Crippen molar-refractivity contribution < 1.29 is 4.39 Å². The van der Waals surface area contributed by atoms with Crippen molar-refractivity contribution in [3.8, 4) is 20.9 Å². The van der Waals surface area contributed by atoms with Crippen molar-refractivity contribution in [2.45, 2.75) is 220 Å². The van der Waals surface area contributed by atoms with Crippen LogP contribution in [0.2, 0.25) is 5.02 Å². The molecule has 3 heterocycles. The van der Waals surface area contributed by atoms with Crippen molar-refractivity contribution >= 4 is 88.9 Å². The van der Waals surface area contributed by atoms with Gasteiger partial charge in [-0.2, -0.15) is 8.75 Å². The number of hydrogen-bond donors (Lipinski definition) is 0. The molecular weight excluding hydrogens is 939 g/mol. The van der Waals surface area contributed by atoms with Gasteiger partial charge in [0.15, 0.2) is 5.82 Å². The van der Waals surface area contributed by atoms with Gasteiger partial charge in [-0.05, 0) is 79.8 Å². The van der Waals surface area contributed by atoms with Crippen LogP contribution < -0.4 is 0 Å². The number of hydrogen-bond acceptors (Lipinski definition) is 5. The van der Waals surface area contributed by atoms with E-state index in [1.54, 1.807) is 22.7 Å². The van der Waals surface area contributed by atoms with Crippen molar-refractivity contribution in [3.05, 3.63) is 41.7 Å². The molecule has 0 aliphatic heterocycles. The van der Waals surface area contributed by atoms with Crippen LogP contribution in [-0.2, 0) is 12.8 Å². The molecule has 4 aromatic rings. The van der Waals surface area contributed by atoms with Gasteiger partial charge in [0, 0.05) is 15.3 Å². The molecule has 0 radical (unpaired) electrons. The lowest BCUT2D eigenvalue weighted by Crippen LogP contribution is -2.05. The van der Waals surface area contributed by atoms with E-state index in [-0.39, 0.29) is 10.8 Å². The summed E-state index contributed by atoms with van der Waals surface area (Å²) in [7, 11) is 0. The Kier molecular flexibility index (Phi) is 26.0. The highest BCUT2D eigenvalue weighted by Gasteiger charge is 2.27. The molecule has 0 fully saturated rings. The number of rotatable bonds is 34. The second kappa shape index (κ2) is 29.9. The predicted octanol–water partition coefficient (Wildman–Crippen LogP) is 20.8. The van der Waals surface area contributed by atoms with E-state index in [1.807, 2.05) is 0 Å². The van der Waals surface area contributed by atoms with Crippen LogP contribution >= 0.6 is 77.9 Å². The van der Waals surface area contributed by atoms with E-state index in [9.17, 15) is 0 Å². The van der Waals surface area contributed by atoms with Crippen LogP contribution in [-0.4, -0.2) is 8.75 Å². The van der Waals surface area contributed by atoms with Gasteiger partial charge in [-0.3, -0.25) is 0 Å². The summed E-state index contributed by atoms with van der Waals surface area (Å²) in [5, 5.41) is 0.159. The van der Waals surface area contributed by atoms with Gasteiger partial charge in [0.1, 0.15) is 11.0 Å². The lowest BCUT2D eigenvalue weighted by molar-refractivity contribution is 0.400. The molecule has 9 heteroatoms. The summed E-state index contributed by atoms with van der Waals surface area (Å²) in [5.41, 5.74) is 5.11. The monoisotopic (exact) mass is 1010 g/mol. The van der Waals surface area contributed by atoms with Gasteiger partial charge in [0.05, 0.1) is 29.9 Å². The topological polar surface area (TPSA) is 25.8 Å². The second-order valence-electron chi connectivity index (χ2n) is 17.5. The Bertz CT molecular complexity index is 1580. The molecule has 0 bridgehead atoms. The van der Waals surface area contributed by atoms with Crippen LogP contribution in [0.1, 0.15) is 219 Å². The first-order valence-electron chi connectivity index (χ1n) is 24.0. The Balaban J connectivity index is 1.52. The lowest BCUT2D eigenvalue weighted by atomic mass is 9.89. The third-order valence-electron chi connectivity index (χ3n) is 12.5. The number of aromatic nitrogens is 2. The van der Waals surface area contributed by atoms with Crippen LogP contribution in [0.15, 0.2) is 19.7 Å². The summed E-state index contributed by atoms with van der Waals surface area (Å²) in [6.07, 6.45) is 39.1. The molecule has 59 heavy (non-hydrogen) atoms. The fourth-order valence-corrected chi connectivity index (χ4v) is 13.3. The molecule has 0 N–H and O–H groups in total. The standard InChI is InChI=1S/C50H76Br2ClFN2S3/c1-5-9-13-17-21-25-29-37(30-26-22-18-14-10-6-2)33-39-35-41(57-49(39)51)43-45(53)46(54)44(48-47(43)55-59-56-48)42-36-40(50(52)58-42)34-38(31-27-23-19-15-11-7-3)32-28-24-20-16-12-8-4/h35-38H,5-34H2,1-4H3. The average molecular weight is 1020 g/mol. The minimum atomic E-state index is -0.382. The van der Waals surface area contributed by atoms with Gasteiger partial charge in [-0.1, -0.05) is 219 Å². The Morgan fingerprint density at radius 2 is 0.831 bits per heavy atom. The van der Waals surface area contributed by atoms with Gasteiger partial charge in [-0.15, -0.1) is 22.7 Å². The minimum absolute atomic E-state index is 0.159. The van der Waals surface area contributed by atoms with Crippen molar-refractivity contribution in [2.75, 3.05) is 0 Å². The maximum atomic E-state index is 16.8. The molecule has 3 aromatic heterocycles. The highest BCUT2D eigenvalue weighted by Crippen LogP contribution is 2.49. The third kappa shape index (κ3) is 17.3. The summed E-state index contributed by atoms with van der Waals surface area (Å²) < 4.78 is 28.6. The van der Waals surface area contributed by atoms with E-state index in [4.69, 9.17) is 20.3 Å². The average Bonchev–Trinajstić information content (AvgIpc) is 3.95. The van der Waals surface area contributed by atoms with Gasteiger partial charge < -0.3 is 0 Å². The highest BCUT2D eigenvalue weighted by molar-refractivity contribution is 9.11. The number of unbranched alkanes of at least 4 members (excludes halogenated alkanes) is 20. The highest BCUT2D eigenvalue weighted by atomic mass is 79.9. The van der Waals surface area contributed by atoms with E-state index < -0.39 is 0 Å². The summed E-state index contributed by atoms with van der Waals surface area (Å²) in [4.78, 5) is 1.85. The Morgan fingerprint density at radius 1 is 0.508 bits per heavy atom. The predicted molar refractivity (Wildman–Crippen MR) is 271 cm³/mol. The molecule has 0 saturated carbocycles. The van der Waals surface area contributed by atoms with E-state index in [0.717, 1.165) is 41.9 Å². The van der Waals surface area contributed by atoms with Crippen LogP contribution in [0.5, 0.6) is 0 Å². The molecule has 0 amide bonds. The molecule has 0 atom stereocenters. The van der Waals surface area contributed by atoms with E-state index in [0.29, 0.717) is 34.0 Å². The minimum Gasteiger partial charge on any atom is -0.205 e. The smallest absolute Gasteiger partial charge is 0.153 e. The number of nitrogens with zero attached hydrogens (tertiary/aromatic N) is 2.